The van der Waals surface area contributed by atoms with Gasteiger partial charge in [0.25, 0.3) is 0 Å². The summed E-state index contributed by atoms with van der Waals surface area (Å²) in [5.41, 5.74) is 7.23. The summed E-state index contributed by atoms with van der Waals surface area (Å²) in [7, 11) is 0. The maximum Gasteiger partial charge on any atom is 0.196 e. The molecule has 2 aromatic carbocycles. The Morgan fingerprint density at radius 1 is 1.12 bits per heavy atom. The summed E-state index contributed by atoms with van der Waals surface area (Å²) >= 11 is 0. The molecule has 1 heterocycles. The Labute approximate surface area is 137 Å². The van der Waals surface area contributed by atoms with Crippen LogP contribution in [0.15, 0.2) is 39.5 Å². The summed E-state index contributed by atoms with van der Waals surface area (Å²) in [6.07, 6.45) is 0. The van der Waals surface area contributed by atoms with E-state index in [2.05, 4.69) is 0 Å². The topological polar surface area (TPSA) is 56.2 Å². The molecule has 0 fully saturated rings. The van der Waals surface area contributed by atoms with Crippen molar-refractivity contribution in [3.63, 3.8) is 0 Å². The van der Waals surface area contributed by atoms with Gasteiger partial charge >= 0.3 is 0 Å². The molecule has 1 aromatic heterocycles. The van der Waals surface area contributed by atoms with Crippen LogP contribution in [0.5, 0.6) is 0 Å². The Balaban J connectivity index is 2.48. The van der Waals surface area contributed by atoms with Crippen LogP contribution in [0.3, 0.4) is 0 Å². The first-order valence-corrected chi connectivity index (χ1v) is 7.59. The van der Waals surface area contributed by atoms with E-state index in [9.17, 15) is 13.6 Å². The van der Waals surface area contributed by atoms with E-state index in [1.165, 1.54) is 13.0 Å². The fraction of sp³-hybridized carbons (Fsp3) is 0.211. The van der Waals surface area contributed by atoms with E-state index in [0.29, 0.717) is 10.9 Å². The lowest BCUT2D eigenvalue weighted by molar-refractivity contribution is 0.557. The van der Waals surface area contributed by atoms with Crippen molar-refractivity contribution in [3.8, 4) is 11.3 Å². The monoisotopic (exact) mass is 329 g/mol. The molecule has 3 nitrogen and oxygen atoms in total. The van der Waals surface area contributed by atoms with Crippen LogP contribution >= 0.6 is 0 Å². The summed E-state index contributed by atoms with van der Waals surface area (Å²) < 4.78 is 34.1. The van der Waals surface area contributed by atoms with Crippen molar-refractivity contribution in [2.24, 2.45) is 5.73 Å². The summed E-state index contributed by atoms with van der Waals surface area (Å²) in [6, 6.07) is 6.64. The predicted octanol–water partition coefficient (Wildman–Crippen LogP) is 4.37. The average molecular weight is 329 g/mol. The van der Waals surface area contributed by atoms with E-state index in [0.717, 1.165) is 17.7 Å². The molecule has 0 saturated carbocycles. The Hall–Kier alpha value is -2.53. The zero-order valence-electron chi connectivity index (χ0n) is 13.6. The van der Waals surface area contributed by atoms with Gasteiger partial charge in [-0.2, -0.15) is 0 Å². The van der Waals surface area contributed by atoms with Crippen LogP contribution in [0, 0.1) is 25.5 Å². The number of benzene rings is 2. The first-order valence-electron chi connectivity index (χ1n) is 7.59. The molecule has 0 aliphatic carbocycles. The molecule has 124 valence electrons. The Bertz CT molecular complexity index is 986. The van der Waals surface area contributed by atoms with Crippen molar-refractivity contribution >= 4 is 11.0 Å². The molecule has 0 bridgehead atoms. The maximum atomic E-state index is 14.1. The largest absolute Gasteiger partial charge is 0.455 e. The van der Waals surface area contributed by atoms with Crippen molar-refractivity contribution in [3.05, 3.63) is 68.9 Å². The average Bonchev–Trinajstić information content (AvgIpc) is 2.51. The van der Waals surface area contributed by atoms with E-state index in [4.69, 9.17) is 10.2 Å². The van der Waals surface area contributed by atoms with Crippen LogP contribution in [-0.4, -0.2) is 0 Å². The van der Waals surface area contributed by atoms with Gasteiger partial charge in [-0.15, -0.1) is 0 Å². The molecule has 0 aliphatic rings. The molecule has 0 amide bonds. The summed E-state index contributed by atoms with van der Waals surface area (Å²) in [5.74, 6) is -1.67. The predicted molar refractivity (Wildman–Crippen MR) is 89.9 cm³/mol. The molecular formula is C19H17F2NO2. The first kappa shape index (κ1) is 16.3. The first-order chi connectivity index (χ1) is 11.3. The molecule has 5 heteroatoms. The van der Waals surface area contributed by atoms with Gasteiger partial charge in [0.1, 0.15) is 23.0 Å². The van der Waals surface area contributed by atoms with Crippen molar-refractivity contribution < 1.29 is 13.2 Å². The fourth-order valence-electron chi connectivity index (χ4n) is 2.86. The standard InChI is InChI=1S/C19H17F2NO2/c1-9-7-12(11(3)22)19-13(8-9)17(23)10(2)18(24-19)16-14(20)5-4-6-15(16)21/h4-8,11H,22H2,1-3H3. The lowest BCUT2D eigenvalue weighted by Crippen LogP contribution is -2.12. The van der Waals surface area contributed by atoms with Gasteiger partial charge in [-0.3, -0.25) is 4.79 Å². The van der Waals surface area contributed by atoms with E-state index < -0.39 is 17.7 Å². The van der Waals surface area contributed by atoms with Crippen molar-refractivity contribution in [1.29, 1.82) is 0 Å². The number of hydrogen-bond acceptors (Lipinski definition) is 3. The Morgan fingerprint density at radius 2 is 1.75 bits per heavy atom. The minimum atomic E-state index is -0.782. The zero-order chi connectivity index (χ0) is 17.6. The zero-order valence-corrected chi connectivity index (χ0v) is 13.6. The second kappa shape index (κ2) is 5.83. The van der Waals surface area contributed by atoms with Gasteiger partial charge in [0.2, 0.25) is 0 Å². The quantitative estimate of drug-likeness (QED) is 0.759. The highest BCUT2D eigenvalue weighted by molar-refractivity contribution is 5.84. The summed E-state index contributed by atoms with van der Waals surface area (Å²) in [4.78, 5) is 12.7. The van der Waals surface area contributed by atoms with Gasteiger partial charge < -0.3 is 10.2 Å². The maximum absolute atomic E-state index is 14.1. The van der Waals surface area contributed by atoms with E-state index >= 15 is 0 Å². The van der Waals surface area contributed by atoms with Crippen molar-refractivity contribution in [2.45, 2.75) is 26.8 Å². The third kappa shape index (κ3) is 2.51. The molecule has 3 rings (SSSR count). The second-order valence-corrected chi connectivity index (χ2v) is 6.00. The fourth-order valence-corrected chi connectivity index (χ4v) is 2.86. The molecule has 1 atom stereocenters. The number of rotatable bonds is 2. The SMILES string of the molecule is Cc1cc(C(C)N)c2oc(-c3c(F)cccc3F)c(C)c(=O)c2c1. The van der Waals surface area contributed by atoms with Crippen LogP contribution in [0.25, 0.3) is 22.3 Å². The minimum absolute atomic E-state index is 0.103. The molecule has 24 heavy (non-hydrogen) atoms. The number of hydrogen-bond donors (Lipinski definition) is 1. The molecule has 3 aromatic rings. The van der Waals surface area contributed by atoms with Gasteiger partial charge in [0.15, 0.2) is 5.43 Å². The van der Waals surface area contributed by atoms with Gasteiger partial charge in [-0.05, 0) is 44.5 Å². The summed E-state index contributed by atoms with van der Waals surface area (Å²) in [6.45, 7) is 5.11. The minimum Gasteiger partial charge on any atom is -0.455 e. The molecule has 2 N–H and O–H groups in total. The van der Waals surface area contributed by atoms with Crippen LogP contribution in [0.4, 0.5) is 8.78 Å². The summed E-state index contributed by atoms with van der Waals surface area (Å²) in [5, 5.41) is 0.361. The lowest BCUT2D eigenvalue weighted by atomic mass is 9.99. The highest BCUT2D eigenvalue weighted by Crippen LogP contribution is 2.32. The van der Waals surface area contributed by atoms with Gasteiger partial charge in [-0.1, -0.05) is 12.1 Å². The van der Waals surface area contributed by atoms with Gasteiger partial charge in [0, 0.05) is 17.2 Å². The number of halogens is 2. The van der Waals surface area contributed by atoms with Crippen molar-refractivity contribution in [1.82, 2.24) is 0 Å². The number of nitrogens with two attached hydrogens (primary N) is 1. The molecule has 0 spiro atoms. The lowest BCUT2D eigenvalue weighted by Gasteiger charge is -2.14. The normalized spacial score (nSPS) is 12.6. The number of fused-ring (bicyclic) bond motifs is 1. The van der Waals surface area contributed by atoms with Crippen LogP contribution in [0.2, 0.25) is 0 Å². The van der Waals surface area contributed by atoms with E-state index in [1.54, 1.807) is 13.0 Å². The van der Waals surface area contributed by atoms with Crippen LogP contribution in [0.1, 0.15) is 29.7 Å². The third-order valence-corrected chi connectivity index (χ3v) is 4.07. The molecule has 0 aliphatic heterocycles. The molecular weight excluding hydrogens is 312 g/mol. The molecule has 0 radical (unpaired) electrons. The van der Waals surface area contributed by atoms with E-state index in [-0.39, 0.29) is 27.9 Å². The molecule has 1 unspecified atom stereocenters. The Morgan fingerprint density at radius 3 is 2.33 bits per heavy atom. The van der Waals surface area contributed by atoms with Crippen LogP contribution < -0.4 is 11.2 Å². The Kier molecular flexibility index (Phi) is 3.97. The smallest absolute Gasteiger partial charge is 0.196 e. The highest BCUT2D eigenvalue weighted by atomic mass is 19.1. The van der Waals surface area contributed by atoms with Gasteiger partial charge in [-0.25, -0.2) is 8.78 Å². The highest BCUT2D eigenvalue weighted by Gasteiger charge is 2.21. The second-order valence-electron chi connectivity index (χ2n) is 6.00. The molecule has 0 saturated heterocycles. The van der Waals surface area contributed by atoms with Crippen LogP contribution in [-0.2, 0) is 0 Å². The van der Waals surface area contributed by atoms with Crippen molar-refractivity contribution in [2.75, 3.05) is 0 Å². The van der Waals surface area contributed by atoms with E-state index in [1.807, 2.05) is 13.0 Å². The van der Waals surface area contributed by atoms with Gasteiger partial charge in [0.05, 0.1) is 10.9 Å². The number of aryl methyl sites for hydroxylation is 1. The third-order valence-electron chi connectivity index (χ3n) is 4.07.